The number of aliphatic hydroxyl groups excluding tert-OH is 1. The molecular weight excluding hydrogens is 364 g/mol. The Labute approximate surface area is 174 Å². The Bertz CT molecular complexity index is 750. The Balaban J connectivity index is 1.64. The van der Waals surface area contributed by atoms with Crippen LogP contribution in [0.2, 0.25) is 0 Å². The van der Waals surface area contributed by atoms with Gasteiger partial charge in [0.1, 0.15) is 11.9 Å². The average Bonchev–Trinajstić information content (AvgIpc) is 2.97. The van der Waals surface area contributed by atoms with Crippen molar-refractivity contribution in [2.45, 2.75) is 78.7 Å². The first-order chi connectivity index (χ1) is 13.6. The lowest BCUT2D eigenvalue weighted by Crippen LogP contribution is -2.57. The highest BCUT2D eigenvalue weighted by Crippen LogP contribution is 2.64. The maximum atomic E-state index is 12.9. The van der Waals surface area contributed by atoms with E-state index in [9.17, 15) is 9.59 Å². The van der Waals surface area contributed by atoms with Crippen molar-refractivity contribution in [3.05, 3.63) is 24.5 Å². The number of fused-ring (bicyclic) bond motifs is 5. The monoisotopic (exact) mass is 400 g/mol. The number of hydrogen-bond donors (Lipinski definition) is 1. The molecule has 0 heterocycles. The van der Waals surface area contributed by atoms with Gasteiger partial charge >= 0.3 is 5.97 Å². The summed E-state index contributed by atoms with van der Waals surface area (Å²) in [6, 6.07) is 0. The third-order valence-electron chi connectivity index (χ3n) is 9.15. The standard InChI is InChI=1S/C25H36O4/c1-23(2,14-15-26)22(28)29-21-7-5-6-16-8-9-17-18-10-11-20(27)24(18,3)13-12-19(17)25(16,21)4/h8-9,14-19,21,26H,5-7,10-13H2,1-4H3/b15-14+/t16?,17-,18-,19-,21?,24-,25-/m0/s1. The summed E-state index contributed by atoms with van der Waals surface area (Å²) in [6.45, 7) is 8.09. The molecule has 3 fully saturated rings. The van der Waals surface area contributed by atoms with Crippen LogP contribution in [-0.2, 0) is 14.3 Å². The molecule has 0 saturated heterocycles. The molecule has 0 bridgehead atoms. The Morgan fingerprint density at radius 2 is 1.93 bits per heavy atom. The van der Waals surface area contributed by atoms with Crippen LogP contribution in [0.15, 0.2) is 24.5 Å². The minimum atomic E-state index is -0.842. The highest BCUT2D eigenvalue weighted by atomic mass is 16.5. The van der Waals surface area contributed by atoms with Gasteiger partial charge in [-0.25, -0.2) is 0 Å². The zero-order valence-electron chi connectivity index (χ0n) is 18.3. The van der Waals surface area contributed by atoms with Gasteiger partial charge in [0, 0.05) is 17.3 Å². The van der Waals surface area contributed by atoms with Crippen LogP contribution in [-0.4, -0.2) is 23.0 Å². The minimum absolute atomic E-state index is 0.0840. The molecule has 0 radical (unpaired) electrons. The summed E-state index contributed by atoms with van der Waals surface area (Å²) in [5.41, 5.74) is -1.09. The Morgan fingerprint density at radius 3 is 2.66 bits per heavy atom. The Hall–Kier alpha value is -1.58. The van der Waals surface area contributed by atoms with Gasteiger partial charge < -0.3 is 9.84 Å². The lowest BCUT2D eigenvalue weighted by Gasteiger charge is -2.59. The highest BCUT2D eigenvalue weighted by molar-refractivity contribution is 5.87. The molecule has 0 aromatic rings. The predicted octanol–water partition coefficient (Wildman–Crippen LogP) is 5.38. The van der Waals surface area contributed by atoms with Gasteiger partial charge in [-0.1, -0.05) is 26.0 Å². The Morgan fingerprint density at radius 1 is 1.17 bits per heavy atom. The molecule has 4 heteroatoms. The van der Waals surface area contributed by atoms with Crippen LogP contribution in [0, 0.1) is 39.9 Å². The van der Waals surface area contributed by atoms with Crippen molar-refractivity contribution in [1.82, 2.24) is 0 Å². The fourth-order valence-electron chi connectivity index (χ4n) is 7.15. The van der Waals surface area contributed by atoms with Gasteiger partial charge in [0.2, 0.25) is 0 Å². The molecular formula is C25H36O4. The number of rotatable bonds is 3. The van der Waals surface area contributed by atoms with E-state index in [-0.39, 0.29) is 22.9 Å². The first kappa shape index (κ1) is 20.7. The summed E-state index contributed by atoms with van der Waals surface area (Å²) in [7, 11) is 0. The van der Waals surface area contributed by atoms with Gasteiger partial charge in [-0.2, -0.15) is 0 Å². The molecule has 0 spiro atoms. The van der Waals surface area contributed by atoms with Crippen molar-refractivity contribution >= 4 is 11.8 Å². The number of esters is 1. The van der Waals surface area contributed by atoms with E-state index in [0.29, 0.717) is 29.5 Å². The fraction of sp³-hybridized carbons (Fsp3) is 0.760. The van der Waals surface area contributed by atoms with Crippen molar-refractivity contribution in [3.8, 4) is 0 Å². The largest absolute Gasteiger partial charge is 0.516 e. The smallest absolute Gasteiger partial charge is 0.315 e. The molecule has 7 atom stereocenters. The summed E-state index contributed by atoms with van der Waals surface area (Å²) >= 11 is 0. The van der Waals surface area contributed by atoms with Gasteiger partial charge in [-0.15, -0.1) is 0 Å². The molecule has 4 aliphatic rings. The number of ketones is 1. The van der Waals surface area contributed by atoms with Crippen molar-refractivity contribution < 1.29 is 19.4 Å². The number of carbonyl (C=O) groups is 2. The van der Waals surface area contributed by atoms with Crippen molar-refractivity contribution in [3.63, 3.8) is 0 Å². The lowest BCUT2D eigenvalue weighted by molar-refractivity contribution is -0.181. The molecule has 160 valence electrons. The van der Waals surface area contributed by atoms with E-state index in [1.165, 1.54) is 6.08 Å². The third-order valence-corrected chi connectivity index (χ3v) is 9.15. The van der Waals surface area contributed by atoms with Crippen LogP contribution in [0.5, 0.6) is 0 Å². The van der Waals surface area contributed by atoms with Crippen LogP contribution in [0.4, 0.5) is 0 Å². The van der Waals surface area contributed by atoms with E-state index < -0.39 is 5.41 Å². The number of allylic oxidation sites excluding steroid dienone is 2. The Kier molecular flexibility index (Phi) is 4.99. The van der Waals surface area contributed by atoms with Gasteiger partial charge in [0.25, 0.3) is 0 Å². The van der Waals surface area contributed by atoms with Crippen LogP contribution >= 0.6 is 0 Å². The molecule has 29 heavy (non-hydrogen) atoms. The van der Waals surface area contributed by atoms with Crippen LogP contribution in [0.3, 0.4) is 0 Å². The van der Waals surface area contributed by atoms with E-state index in [4.69, 9.17) is 9.84 Å². The van der Waals surface area contributed by atoms with Crippen LogP contribution < -0.4 is 0 Å². The van der Waals surface area contributed by atoms with E-state index in [2.05, 4.69) is 26.0 Å². The molecule has 0 aromatic heterocycles. The van der Waals surface area contributed by atoms with Gasteiger partial charge in [-0.05, 0) is 82.1 Å². The second-order valence-corrected chi connectivity index (χ2v) is 10.9. The quantitative estimate of drug-likeness (QED) is 0.392. The summed E-state index contributed by atoms with van der Waals surface area (Å²) < 4.78 is 6.19. The normalized spacial score (nSPS) is 44.3. The summed E-state index contributed by atoms with van der Waals surface area (Å²) in [5, 5.41) is 9.16. The molecule has 3 saturated carbocycles. The zero-order chi connectivity index (χ0) is 21.0. The number of aliphatic hydroxyl groups is 1. The topological polar surface area (TPSA) is 63.6 Å². The maximum Gasteiger partial charge on any atom is 0.315 e. The number of Topliss-reactive ketones (excluding diaryl/α,β-unsaturated/α-hetero) is 1. The first-order valence-corrected chi connectivity index (χ1v) is 11.4. The van der Waals surface area contributed by atoms with Gasteiger partial charge in [-0.3, -0.25) is 9.59 Å². The van der Waals surface area contributed by atoms with Crippen LogP contribution in [0.25, 0.3) is 0 Å². The van der Waals surface area contributed by atoms with Crippen LogP contribution in [0.1, 0.15) is 72.6 Å². The molecule has 2 unspecified atom stereocenters. The van der Waals surface area contributed by atoms with E-state index in [1.54, 1.807) is 13.8 Å². The zero-order valence-corrected chi connectivity index (χ0v) is 18.3. The van der Waals surface area contributed by atoms with E-state index in [1.807, 2.05) is 0 Å². The molecule has 4 nitrogen and oxygen atoms in total. The highest BCUT2D eigenvalue weighted by Gasteiger charge is 2.61. The summed E-state index contributed by atoms with van der Waals surface area (Å²) in [4.78, 5) is 25.6. The van der Waals surface area contributed by atoms with Crippen molar-refractivity contribution in [2.75, 3.05) is 0 Å². The predicted molar refractivity (Wildman–Crippen MR) is 112 cm³/mol. The number of hydrogen-bond acceptors (Lipinski definition) is 4. The molecule has 0 aliphatic heterocycles. The average molecular weight is 401 g/mol. The first-order valence-electron chi connectivity index (χ1n) is 11.4. The molecule has 4 aliphatic carbocycles. The molecule has 0 aromatic carbocycles. The fourth-order valence-corrected chi connectivity index (χ4v) is 7.15. The second-order valence-electron chi connectivity index (χ2n) is 10.9. The SMILES string of the molecule is CC(C)(/C=C/O)C(=O)OC1CCCC2C=C[C@@H]3[C@H](CC[C@]4(C)C(=O)CC[C@@H]34)[C@]21C. The minimum Gasteiger partial charge on any atom is -0.516 e. The number of carbonyl (C=O) groups excluding carboxylic acids is 2. The lowest BCUT2D eigenvalue weighted by atomic mass is 9.46. The van der Waals surface area contributed by atoms with Crippen molar-refractivity contribution in [2.24, 2.45) is 39.9 Å². The summed E-state index contributed by atoms with van der Waals surface area (Å²) in [6.07, 6.45) is 14.0. The summed E-state index contributed by atoms with van der Waals surface area (Å²) in [5.74, 6) is 1.90. The molecule has 4 rings (SSSR count). The van der Waals surface area contributed by atoms with E-state index >= 15 is 0 Å². The van der Waals surface area contributed by atoms with E-state index in [0.717, 1.165) is 51.2 Å². The van der Waals surface area contributed by atoms with Gasteiger partial charge in [0.15, 0.2) is 0 Å². The molecule has 0 amide bonds. The van der Waals surface area contributed by atoms with Crippen molar-refractivity contribution in [1.29, 1.82) is 0 Å². The van der Waals surface area contributed by atoms with Gasteiger partial charge in [0.05, 0.1) is 11.7 Å². The second kappa shape index (κ2) is 6.99. The number of ether oxygens (including phenoxy) is 1. The molecule has 1 N–H and O–H groups in total. The third kappa shape index (κ3) is 3.00. The maximum absolute atomic E-state index is 12.9.